The molecule has 17 heavy (non-hydrogen) atoms. The van der Waals surface area contributed by atoms with Gasteiger partial charge in [-0.15, -0.1) is 11.3 Å². The molecule has 0 aliphatic carbocycles. The third kappa shape index (κ3) is 1.95. The molecule has 0 spiro atoms. The van der Waals surface area contributed by atoms with E-state index in [9.17, 15) is 4.79 Å². The van der Waals surface area contributed by atoms with E-state index in [2.05, 4.69) is 10.1 Å². The lowest BCUT2D eigenvalue weighted by Gasteiger charge is -2.15. The fourth-order valence-electron chi connectivity index (χ4n) is 2.12. The van der Waals surface area contributed by atoms with Gasteiger partial charge in [0.25, 0.3) is 5.91 Å². The van der Waals surface area contributed by atoms with Gasteiger partial charge < -0.3 is 4.90 Å². The molecule has 6 heteroatoms. The van der Waals surface area contributed by atoms with Gasteiger partial charge in [-0.3, -0.25) is 9.48 Å². The van der Waals surface area contributed by atoms with Crippen LogP contribution in [0, 0.1) is 0 Å². The van der Waals surface area contributed by atoms with E-state index in [1.54, 1.807) is 17.1 Å². The van der Waals surface area contributed by atoms with Gasteiger partial charge in [0, 0.05) is 30.9 Å². The molecule has 1 saturated heterocycles. The van der Waals surface area contributed by atoms with Gasteiger partial charge in [0.1, 0.15) is 5.69 Å². The van der Waals surface area contributed by atoms with Crippen LogP contribution in [0.2, 0.25) is 0 Å². The average Bonchev–Trinajstić information content (AvgIpc) is 3.09. The monoisotopic (exact) mass is 248 g/mol. The van der Waals surface area contributed by atoms with Gasteiger partial charge in [-0.2, -0.15) is 5.10 Å². The van der Waals surface area contributed by atoms with E-state index >= 15 is 0 Å². The van der Waals surface area contributed by atoms with Crippen molar-refractivity contribution in [3.63, 3.8) is 0 Å². The molecule has 1 atom stereocenters. The predicted octanol–water partition coefficient (Wildman–Crippen LogP) is 1.43. The van der Waals surface area contributed by atoms with Crippen LogP contribution in [0.5, 0.6) is 0 Å². The summed E-state index contributed by atoms with van der Waals surface area (Å²) < 4.78 is 1.92. The Labute approximate surface area is 103 Å². The first kappa shape index (κ1) is 10.5. The summed E-state index contributed by atoms with van der Waals surface area (Å²) in [6.45, 7) is 1.50. The zero-order chi connectivity index (χ0) is 11.7. The van der Waals surface area contributed by atoms with Gasteiger partial charge in [0.05, 0.1) is 11.6 Å². The fourth-order valence-corrected chi connectivity index (χ4v) is 2.64. The van der Waals surface area contributed by atoms with E-state index < -0.39 is 0 Å². The van der Waals surface area contributed by atoms with E-state index in [-0.39, 0.29) is 5.91 Å². The summed E-state index contributed by atoms with van der Waals surface area (Å²) in [4.78, 5) is 18.0. The van der Waals surface area contributed by atoms with Crippen molar-refractivity contribution >= 4 is 17.2 Å². The van der Waals surface area contributed by atoms with Gasteiger partial charge in [-0.1, -0.05) is 0 Å². The number of carbonyl (C=O) groups excluding carboxylic acids is 1. The molecule has 0 aromatic carbocycles. The lowest BCUT2D eigenvalue weighted by atomic mass is 10.3. The highest BCUT2D eigenvalue weighted by Crippen LogP contribution is 2.22. The van der Waals surface area contributed by atoms with Crippen molar-refractivity contribution in [2.24, 2.45) is 0 Å². The topological polar surface area (TPSA) is 51.0 Å². The third-order valence-electron chi connectivity index (χ3n) is 3.00. The standard InChI is InChI=1S/C11H12N4OS/c16-11(10-7-17-8-12-10)14-5-2-9(6-14)15-4-1-3-13-15/h1,3-4,7-9H,2,5-6H2. The Bertz CT molecular complexity index is 494. The first-order valence-corrected chi connectivity index (χ1v) is 6.45. The molecule has 0 N–H and O–H groups in total. The third-order valence-corrected chi connectivity index (χ3v) is 3.59. The number of amides is 1. The van der Waals surface area contributed by atoms with Crippen LogP contribution in [0.15, 0.2) is 29.4 Å². The molecular weight excluding hydrogens is 236 g/mol. The van der Waals surface area contributed by atoms with Gasteiger partial charge in [0.15, 0.2) is 0 Å². The molecule has 1 unspecified atom stereocenters. The molecule has 1 fully saturated rings. The summed E-state index contributed by atoms with van der Waals surface area (Å²) in [7, 11) is 0. The first-order valence-electron chi connectivity index (χ1n) is 5.51. The zero-order valence-electron chi connectivity index (χ0n) is 9.19. The number of hydrogen-bond donors (Lipinski definition) is 0. The van der Waals surface area contributed by atoms with E-state index in [0.29, 0.717) is 11.7 Å². The zero-order valence-corrected chi connectivity index (χ0v) is 10.0. The van der Waals surface area contributed by atoms with Crippen molar-refractivity contribution in [1.29, 1.82) is 0 Å². The maximum absolute atomic E-state index is 12.1. The van der Waals surface area contributed by atoms with Crippen molar-refractivity contribution in [3.05, 3.63) is 35.0 Å². The lowest BCUT2D eigenvalue weighted by Crippen LogP contribution is -2.29. The van der Waals surface area contributed by atoms with Crippen LogP contribution in [0.4, 0.5) is 0 Å². The molecule has 3 rings (SSSR count). The minimum atomic E-state index is 0.0286. The Morgan fingerprint density at radius 2 is 2.47 bits per heavy atom. The number of rotatable bonds is 2. The summed E-state index contributed by atoms with van der Waals surface area (Å²) in [5.41, 5.74) is 2.24. The minimum Gasteiger partial charge on any atom is -0.335 e. The summed E-state index contributed by atoms with van der Waals surface area (Å²) in [5.74, 6) is 0.0286. The summed E-state index contributed by atoms with van der Waals surface area (Å²) in [6, 6.07) is 2.21. The second-order valence-electron chi connectivity index (χ2n) is 4.05. The smallest absolute Gasteiger partial charge is 0.273 e. The molecule has 88 valence electrons. The number of carbonyl (C=O) groups is 1. The molecule has 0 radical (unpaired) electrons. The molecule has 1 aliphatic heterocycles. The van der Waals surface area contributed by atoms with Gasteiger partial charge >= 0.3 is 0 Å². The molecule has 5 nitrogen and oxygen atoms in total. The van der Waals surface area contributed by atoms with E-state index in [1.165, 1.54) is 11.3 Å². The number of aromatic nitrogens is 3. The highest BCUT2D eigenvalue weighted by atomic mass is 32.1. The number of nitrogens with zero attached hydrogens (tertiary/aromatic N) is 4. The van der Waals surface area contributed by atoms with Crippen molar-refractivity contribution < 1.29 is 4.79 Å². The Kier molecular flexibility index (Phi) is 2.64. The highest BCUT2D eigenvalue weighted by Gasteiger charge is 2.28. The second kappa shape index (κ2) is 4.29. The predicted molar refractivity (Wildman–Crippen MR) is 63.9 cm³/mol. The van der Waals surface area contributed by atoms with Crippen LogP contribution in [0.1, 0.15) is 23.0 Å². The maximum atomic E-state index is 12.1. The molecule has 3 heterocycles. The van der Waals surface area contributed by atoms with Crippen LogP contribution in [0.3, 0.4) is 0 Å². The Hall–Kier alpha value is -1.69. The lowest BCUT2D eigenvalue weighted by molar-refractivity contribution is 0.0782. The maximum Gasteiger partial charge on any atom is 0.273 e. The van der Waals surface area contributed by atoms with Crippen molar-refractivity contribution in [3.8, 4) is 0 Å². The largest absolute Gasteiger partial charge is 0.335 e. The molecule has 2 aromatic rings. The number of thiazole rings is 1. The molecule has 0 bridgehead atoms. The SMILES string of the molecule is O=C(c1cscn1)N1CCC(n2cccn2)C1. The van der Waals surface area contributed by atoms with Gasteiger partial charge in [-0.25, -0.2) is 4.98 Å². The second-order valence-corrected chi connectivity index (χ2v) is 4.77. The van der Waals surface area contributed by atoms with E-state index in [1.807, 2.05) is 21.8 Å². The van der Waals surface area contributed by atoms with Crippen LogP contribution < -0.4 is 0 Å². The number of likely N-dealkylation sites (tertiary alicyclic amines) is 1. The Balaban J connectivity index is 1.70. The van der Waals surface area contributed by atoms with E-state index in [0.717, 1.165) is 19.5 Å². The molecule has 0 saturated carbocycles. The molecule has 1 aliphatic rings. The summed E-state index contributed by atoms with van der Waals surface area (Å²) in [6.07, 6.45) is 4.67. The molecule has 2 aromatic heterocycles. The number of hydrogen-bond acceptors (Lipinski definition) is 4. The van der Waals surface area contributed by atoms with E-state index in [4.69, 9.17) is 0 Å². The highest BCUT2D eigenvalue weighted by molar-refractivity contribution is 7.07. The minimum absolute atomic E-state index is 0.0286. The van der Waals surface area contributed by atoms with Gasteiger partial charge in [0.2, 0.25) is 0 Å². The van der Waals surface area contributed by atoms with Crippen LogP contribution in [-0.2, 0) is 0 Å². The summed E-state index contributed by atoms with van der Waals surface area (Å²) in [5, 5.41) is 6.02. The van der Waals surface area contributed by atoms with Crippen molar-refractivity contribution in [1.82, 2.24) is 19.7 Å². The van der Waals surface area contributed by atoms with Crippen molar-refractivity contribution in [2.75, 3.05) is 13.1 Å². The molecular formula is C11H12N4OS. The first-order chi connectivity index (χ1) is 8.34. The molecule has 1 amide bonds. The van der Waals surface area contributed by atoms with Crippen LogP contribution >= 0.6 is 11.3 Å². The quantitative estimate of drug-likeness (QED) is 0.807. The van der Waals surface area contributed by atoms with Gasteiger partial charge in [-0.05, 0) is 12.5 Å². The Morgan fingerprint density at radius 1 is 1.53 bits per heavy atom. The van der Waals surface area contributed by atoms with Crippen molar-refractivity contribution in [2.45, 2.75) is 12.5 Å². The average molecular weight is 248 g/mol. The normalized spacial score (nSPS) is 19.8. The van der Waals surface area contributed by atoms with Crippen LogP contribution in [0.25, 0.3) is 0 Å². The Morgan fingerprint density at radius 3 is 3.18 bits per heavy atom. The summed E-state index contributed by atoms with van der Waals surface area (Å²) >= 11 is 1.45. The fraction of sp³-hybridized carbons (Fsp3) is 0.364. The van der Waals surface area contributed by atoms with Crippen LogP contribution in [-0.4, -0.2) is 38.7 Å².